The van der Waals surface area contributed by atoms with Crippen molar-refractivity contribution in [2.24, 2.45) is 5.10 Å². The summed E-state index contributed by atoms with van der Waals surface area (Å²) in [5, 5.41) is 3.93. The molecule has 0 unspecified atom stereocenters. The minimum absolute atomic E-state index is 0.133. The summed E-state index contributed by atoms with van der Waals surface area (Å²) in [6.07, 6.45) is 4.30. The number of sulfonamides is 1. The summed E-state index contributed by atoms with van der Waals surface area (Å²) in [6.45, 7) is 1.05. The summed E-state index contributed by atoms with van der Waals surface area (Å²) in [5.74, 6) is -0.459. The lowest BCUT2D eigenvalue weighted by atomic mass is 10.2. The maximum absolute atomic E-state index is 12.7. The first-order valence-corrected chi connectivity index (χ1v) is 10.9. The van der Waals surface area contributed by atoms with Gasteiger partial charge in [-0.2, -0.15) is 9.41 Å². The monoisotopic (exact) mass is 449 g/mol. The van der Waals surface area contributed by atoms with Crippen molar-refractivity contribution >= 4 is 38.1 Å². The van der Waals surface area contributed by atoms with Gasteiger partial charge in [0.05, 0.1) is 11.1 Å². The van der Waals surface area contributed by atoms with Crippen LogP contribution in [0.25, 0.3) is 0 Å². The number of halogens is 1. The third-order valence-electron chi connectivity index (χ3n) is 4.30. The van der Waals surface area contributed by atoms with Crippen molar-refractivity contribution in [3.63, 3.8) is 0 Å². The Balaban J connectivity index is 1.70. The van der Waals surface area contributed by atoms with E-state index in [0.717, 1.165) is 29.3 Å². The van der Waals surface area contributed by atoms with Crippen LogP contribution >= 0.6 is 15.9 Å². The van der Waals surface area contributed by atoms with E-state index >= 15 is 0 Å². The van der Waals surface area contributed by atoms with Gasteiger partial charge in [-0.15, -0.1) is 0 Å². The average Bonchev–Trinajstić information content (AvgIpc) is 2.70. The van der Waals surface area contributed by atoms with Crippen LogP contribution in [0.1, 0.15) is 35.2 Å². The molecule has 1 heterocycles. The molecule has 2 aromatic rings. The van der Waals surface area contributed by atoms with Crippen LogP contribution in [0.2, 0.25) is 0 Å². The minimum atomic E-state index is -3.58. The molecule has 3 rings (SSSR count). The number of carbonyl (C=O) groups is 1. The molecule has 0 aliphatic carbocycles. The number of hydrogen-bond acceptors (Lipinski definition) is 4. The van der Waals surface area contributed by atoms with Crippen LogP contribution in [0.3, 0.4) is 0 Å². The van der Waals surface area contributed by atoms with Crippen molar-refractivity contribution in [2.75, 3.05) is 13.1 Å². The highest BCUT2D eigenvalue weighted by Gasteiger charge is 2.26. The molecule has 1 N–H and O–H groups in total. The Morgan fingerprint density at radius 3 is 2.48 bits per heavy atom. The second-order valence-electron chi connectivity index (χ2n) is 6.24. The number of benzene rings is 2. The first-order valence-electron chi connectivity index (χ1n) is 8.66. The lowest BCUT2D eigenvalue weighted by molar-refractivity contribution is 0.0955. The zero-order valence-corrected chi connectivity index (χ0v) is 17.0. The van der Waals surface area contributed by atoms with E-state index in [2.05, 4.69) is 26.5 Å². The Hall–Kier alpha value is -2.03. The predicted octanol–water partition coefficient (Wildman–Crippen LogP) is 3.39. The molecule has 0 radical (unpaired) electrons. The van der Waals surface area contributed by atoms with Gasteiger partial charge >= 0.3 is 0 Å². The topological polar surface area (TPSA) is 78.8 Å². The molecule has 1 fully saturated rings. The zero-order chi connectivity index (χ0) is 19.3. The summed E-state index contributed by atoms with van der Waals surface area (Å²) >= 11 is 3.35. The van der Waals surface area contributed by atoms with Gasteiger partial charge in [0.15, 0.2) is 0 Å². The van der Waals surface area contributed by atoms with Crippen LogP contribution in [0, 0.1) is 0 Å². The number of hydrogen-bond donors (Lipinski definition) is 1. The Morgan fingerprint density at radius 1 is 1.07 bits per heavy atom. The third kappa shape index (κ3) is 5.03. The third-order valence-corrected chi connectivity index (χ3v) is 6.72. The van der Waals surface area contributed by atoms with Crippen LogP contribution in [0.5, 0.6) is 0 Å². The van der Waals surface area contributed by atoms with Crippen molar-refractivity contribution in [1.29, 1.82) is 0 Å². The van der Waals surface area contributed by atoms with E-state index in [1.807, 2.05) is 24.3 Å². The SMILES string of the molecule is O=C(NN=Cc1ccc(Br)cc1)c1cccc(S(=O)(=O)N2CCCCC2)c1. The van der Waals surface area contributed by atoms with E-state index in [0.29, 0.717) is 13.1 Å². The molecule has 8 heteroatoms. The first kappa shape index (κ1) is 19.7. The maximum atomic E-state index is 12.7. The van der Waals surface area contributed by atoms with Gasteiger partial charge < -0.3 is 0 Å². The van der Waals surface area contributed by atoms with E-state index in [4.69, 9.17) is 0 Å². The number of amides is 1. The highest BCUT2D eigenvalue weighted by molar-refractivity contribution is 9.10. The number of hydrazone groups is 1. The van der Waals surface area contributed by atoms with Gasteiger partial charge in [-0.25, -0.2) is 13.8 Å². The van der Waals surface area contributed by atoms with Crippen LogP contribution in [-0.2, 0) is 10.0 Å². The van der Waals surface area contributed by atoms with Gasteiger partial charge in [0.2, 0.25) is 10.0 Å². The fourth-order valence-corrected chi connectivity index (χ4v) is 4.66. The number of carbonyl (C=O) groups excluding carboxylic acids is 1. The number of nitrogens with one attached hydrogen (secondary N) is 1. The normalized spacial score (nSPS) is 15.7. The van der Waals surface area contributed by atoms with Crippen LogP contribution in [0.15, 0.2) is 63.0 Å². The van der Waals surface area contributed by atoms with Crippen molar-refractivity contribution in [2.45, 2.75) is 24.2 Å². The molecule has 142 valence electrons. The lowest BCUT2D eigenvalue weighted by Gasteiger charge is -2.25. The highest BCUT2D eigenvalue weighted by atomic mass is 79.9. The van der Waals surface area contributed by atoms with E-state index in [-0.39, 0.29) is 10.5 Å². The highest BCUT2D eigenvalue weighted by Crippen LogP contribution is 2.21. The van der Waals surface area contributed by atoms with Gasteiger partial charge in [0.25, 0.3) is 5.91 Å². The van der Waals surface area contributed by atoms with E-state index in [9.17, 15) is 13.2 Å². The van der Waals surface area contributed by atoms with Gasteiger partial charge in [-0.1, -0.05) is 40.5 Å². The molecule has 0 saturated carbocycles. The Morgan fingerprint density at radius 2 is 1.78 bits per heavy atom. The second-order valence-corrected chi connectivity index (χ2v) is 9.10. The van der Waals surface area contributed by atoms with E-state index < -0.39 is 15.9 Å². The molecular weight excluding hydrogens is 430 g/mol. The predicted molar refractivity (Wildman–Crippen MR) is 108 cm³/mol. The fourth-order valence-electron chi connectivity index (χ4n) is 2.83. The van der Waals surface area contributed by atoms with Crippen molar-refractivity contribution in [3.8, 4) is 0 Å². The van der Waals surface area contributed by atoms with Gasteiger partial charge in [-0.3, -0.25) is 4.79 Å². The summed E-state index contributed by atoms with van der Waals surface area (Å²) in [7, 11) is -3.58. The standard InChI is InChI=1S/C19H20BrN3O3S/c20-17-9-7-15(8-10-17)14-21-22-19(24)16-5-4-6-18(13-16)27(25,26)23-11-2-1-3-12-23/h4-10,13-14H,1-3,11-12H2,(H,22,24). The van der Waals surface area contributed by atoms with Crippen molar-refractivity contribution < 1.29 is 13.2 Å². The van der Waals surface area contributed by atoms with Crippen LogP contribution in [0.4, 0.5) is 0 Å². The lowest BCUT2D eigenvalue weighted by Crippen LogP contribution is -2.35. The molecule has 2 aromatic carbocycles. The van der Waals surface area contributed by atoms with E-state index in [1.165, 1.54) is 22.7 Å². The fraction of sp³-hybridized carbons (Fsp3) is 0.263. The average molecular weight is 450 g/mol. The smallest absolute Gasteiger partial charge is 0.267 e. The molecule has 0 bridgehead atoms. The van der Waals surface area contributed by atoms with E-state index in [1.54, 1.807) is 12.1 Å². The summed E-state index contributed by atoms with van der Waals surface area (Å²) in [6, 6.07) is 13.5. The molecule has 6 nitrogen and oxygen atoms in total. The Kier molecular flexibility index (Phi) is 6.41. The first-order chi connectivity index (χ1) is 13.0. The summed E-state index contributed by atoms with van der Waals surface area (Å²) in [5.41, 5.74) is 3.51. The summed E-state index contributed by atoms with van der Waals surface area (Å²) in [4.78, 5) is 12.4. The molecule has 27 heavy (non-hydrogen) atoms. The maximum Gasteiger partial charge on any atom is 0.271 e. The Bertz CT molecular complexity index is 937. The molecule has 1 aliphatic heterocycles. The molecule has 0 atom stereocenters. The molecule has 1 amide bonds. The van der Waals surface area contributed by atoms with Crippen molar-refractivity contribution in [1.82, 2.24) is 9.73 Å². The molecule has 0 aromatic heterocycles. The largest absolute Gasteiger partial charge is 0.271 e. The summed E-state index contributed by atoms with van der Waals surface area (Å²) < 4.78 is 27.9. The van der Waals surface area contributed by atoms with Gasteiger partial charge in [-0.05, 0) is 48.7 Å². The molecule has 1 aliphatic rings. The molecular formula is C19H20BrN3O3S. The number of nitrogens with zero attached hydrogens (tertiary/aromatic N) is 2. The second kappa shape index (κ2) is 8.77. The molecule has 1 saturated heterocycles. The minimum Gasteiger partial charge on any atom is -0.267 e. The zero-order valence-electron chi connectivity index (χ0n) is 14.6. The van der Waals surface area contributed by atoms with Gasteiger partial charge in [0, 0.05) is 23.1 Å². The van der Waals surface area contributed by atoms with Gasteiger partial charge in [0.1, 0.15) is 0 Å². The number of piperidine rings is 1. The Labute approximate surface area is 167 Å². The van der Waals surface area contributed by atoms with Crippen LogP contribution < -0.4 is 5.43 Å². The quantitative estimate of drug-likeness (QED) is 0.561. The molecule has 0 spiro atoms. The number of rotatable bonds is 5. The van der Waals surface area contributed by atoms with Crippen LogP contribution in [-0.4, -0.2) is 37.9 Å². The van der Waals surface area contributed by atoms with Crippen molar-refractivity contribution in [3.05, 3.63) is 64.1 Å².